The number of hydrogen-bond acceptors (Lipinski definition) is 8. The molecule has 0 amide bonds. The maximum absolute atomic E-state index is 11.9. The zero-order chi connectivity index (χ0) is 75.9. The Morgan fingerprint density at radius 1 is 0.231 bits per heavy atom. The minimum Gasteiger partial charge on any atom is -0.507 e. The Morgan fingerprint density at radius 3 is 0.907 bits per heavy atom. The molecular formula is C100H96O8. The van der Waals surface area contributed by atoms with Crippen LogP contribution in [0.3, 0.4) is 0 Å². The van der Waals surface area contributed by atoms with E-state index in [0.717, 1.165) is 200 Å². The Labute approximate surface area is 636 Å². The van der Waals surface area contributed by atoms with Crippen molar-refractivity contribution in [2.75, 3.05) is 26.4 Å². The highest BCUT2D eigenvalue weighted by atomic mass is 16.5. The molecule has 544 valence electrons. The maximum atomic E-state index is 11.9. The number of phenolic OH excluding ortho intramolecular Hbond substituents is 4. The zero-order valence-electron chi connectivity index (χ0n) is 64.2. The maximum Gasteiger partial charge on any atom is 0.131 e. The first-order valence-electron chi connectivity index (χ1n) is 37.4. The molecule has 0 saturated heterocycles. The third-order valence-electron chi connectivity index (χ3n) is 20.6. The molecule has 0 unspecified atom stereocenters. The fourth-order valence-electron chi connectivity index (χ4n) is 15.1. The van der Waals surface area contributed by atoms with Crippen molar-refractivity contribution in [2.24, 2.45) is 0 Å². The molecular weight excluding hydrogens is 1330 g/mol. The number of ether oxygens (including phenoxy) is 4. The van der Waals surface area contributed by atoms with Crippen LogP contribution in [0.2, 0.25) is 0 Å². The molecule has 0 atom stereocenters. The van der Waals surface area contributed by atoms with Crippen LogP contribution in [0.4, 0.5) is 0 Å². The topological polar surface area (TPSA) is 118 Å². The van der Waals surface area contributed by atoms with E-state index in [1.165, 1.54) is 0 Å². The van der Waals surface area contributed by atoms with Gasteiger partial charge in [-0.3, -0.25) is 0 Å². The molecule has 0 spiro atoms. The number of fused-ring (bicyclic) bond motifs is 2. The highest BCUT2D eigenvalue weighted by molar-refractivity contribution is 6.03. The summed E-state index contributed by atoms with van der Waals surface area (Å²) in [5.41, 5.74) is 29.5. The molecule has 0 aliphatic heterocycles. The van der Waals surface area contributed by atoms with Gasteiger partial charge in [0.1, 0.15) is 34.5 Å². The van der Waals surface area contributed by atoms with Gasteiger partial charge in [0.05, 0.1) is 39.6 Å². The molecule has 0 aliphatic rings. The third kappa shape index (κ3) is 16.3. The van der Waals surface area contributed by atoms with Crippen LogP contribution in [0.25, 0.3) is 111 Å². The van der Waals surface area contributed by atoms with Gasteiger partial charge in [0.15, 0.2) is 0 Å². The summed E-state index contributed by atoms with van der Waals surface area (Å²) in [5.74, 6) is 2.51. The van der Waals surface area contributed by atoms with Gasteiger partial charge in [-0.2, -0.15) is 0 Å². The normalized spacial score (nSPS) is 11.3. The van der Waals surface area contributed by atoms with Crippen molar-refractivity contribution in [3.63, 3.8) is 0 Å². The molecule has 14 aromatic carbocycles. The van der Waals surface area contributed by atoms with Gasteiger partial charge in [-0.05, 0) is 266 Å². The van der Waals surface area contributed by atoms with E-state index >= 15 is 0 Å². The largest absolute Gasteiger partial charge is 0.507 e. The molecule has 8 heteroatoms. The fourth-order valence-corrected chi connectivity index (χ4v) is 15.1. The molecule has 0 aliphatic carbocycles. The van der Waals surface area contributed by atoms with Crippen molar-refractivity contribution in [2.45, 2.75) is 109 Å². The van der Waals surface area contributed by atoms with Crippen LogP contribution in [-0.2, 0) is 22.7 Å². The standard InChI is InChI=1S/C53H48O4.C47H48O4/c1-33-19-24-49(44(27-33)46-29-35(3)31-48(53(46)55)51-37(5)21-23-39-14-7-11-18-43(39)51)57-26-12-25-56-32-40-15-8-9-16-41(40)45-28-34(2)30-47(52(45)54)50-36(4)20-22-38-13-6-10-17-42(38)50;1-29-13-16-34(6)38(21-29)42-25-32(4)24-41(46(42)48)37-12-9-8-11-36(37)28-50-19-10-20-51-45-18-15-31(3)23-40(45)44-27-33(5)26-43(47(44)49)39-22-30(2)14-17-35(39)7/h6-11,13-24,27-31,54-55H,12,25-26,32H2,1-5H3;8-9,11-18,21-27,48-49H,10,19-20,28H2,1-7H3. The molecule has 0 bridgehead atoms. The SMILES string of the molecule is Cc1ccc(C)c(-c2cc(C)cc(-c3ccccc3COCCCOc3ccc(C)cc3-c3cc(C)cc(-c4cc(C)ccc4C)c3O)c2O)c1.Cc1ccc(OCCCOCc2ccccc2-c2cc(C)cc(-c3c(C)ccc4ccccc34)c2O)c(-c2cc(C)cc(-c3c(C)ccc4ccccc34)c2O)c1. The predicted octanol–water partition coefficient (Wildman–Crippen LogP) is 25.5. The van der Waals surface area contributed by atoms with Crippen LogP contribution in [-0.4, -0.2) is 46.9 Å². The van der Waals surface area contributed by atoms with E-state index in [1.807, 2.05) is 84.9 Å². The Morgan fingerprint density at radius 2 is 0.519 bits per heavy atom. The van der Waals surface area contributed by atoms with Crippen LogP contribution >= 0.6 is 0 Å². The second kappa shape index (κ2) is 33.0. The van der Waals surface area contributed by atoms with Gasteiger partial charge in [-0.25, -0.2) is 0 Å². The van der Waals surface area contributed by atoms with E-state index in [0.29, 0.717) is 52.5 Å². The fraction of sp³-hybridized carbons (Fsp3) is 0.200. The van der Waals surface area contributed by atoms with Crippen molar-refractivity contribution in [1.29, 1.82) is 0 Å². The number of aromatic hydroxyl groups is 4. The number of hydrogen-bond donors (Lipinski definition) is 4. The van der Waals surface area contributed by atoms with Crippen LogP contribution in [0.15, 0.2) is 243 Å². The minimum atomic E-state index is 0.247. The van der Waals surface area contributed by atoms with Gasteiger partial charge < -0.3 is 39.4 Å². The summed E-state index contributed by atoms with van der Waals surface area (Å²) < 4.78 is 25.2. The van der Waals surface area contributed by atoms with Gasteiger partial charge in [0.25, 0.3) is 0 Å². The minimum absolute atomic E-state index is 0.247. The average Bonchev–Trinajstić information content (AvgIpc) is 0.783. The lowest BCUT2D eigenvalue weighted by atomic mass is 9.88. The summed E-state index contributed by atoms with van der Waals surface area (Å²) in [6, 6.07) is 82.8. The zero-order valence-corrected chi connectivity index (χ0v) is 64.2. The Hall–Kier alpha value is -11.7. The first kappa shape index (κ1) is 74.6. The van der Waals surface area contributed by atoms with Gasteiger partial charge in [0, 0.05) is 68.5 Å². The summed E-state index contributed by atoms with van der Waals surface area (Å²) >= 11 is 0. The Kier molecular flexibility index (Phi) is 22.8. The van der Waals surface area contributed by atoms with Crippen LogP contribution in [0.5, 0.6) is 34.5 Å². The summed E-state index contributed by atoms with van der Waals surface area (Å²) in [6.07, 6.45) is 1.37. The number of rotatable bonds is 22. The van der Waals surface area contributed by atoms with Crippen molar-refractivity contribution in [1.82, 2.24) is 0 Å². The predicted molar refractivity (Wildman–Crippen MR) is 447 cm³/mol. The van der Waals surface area contributed by atoms with E-state index in [4.69, 9.17) is 18.9 Å². The van der Waals surface area contributed by atoms with Gasteiger partial charge in [0.2, 0.25) is 0 Å². The van der Waals surface area contributed by atoms with Crippen molar-refractivity contribution in [3.8, 4) is 124 Å². The van der Waals surface area contributed by atoms with Gasteiger partial charge in [-0.15, -0.1) is 0 Å². The molecule has 4 N–H and O–H groups in total. The molecule has 108 heavy (non-hydrogen) atoms. The molecule has 8 nitrogen and oxygen atoms in total. The lowest BCUT2D eigenvalue weighted by Gasteiger charge is -2.19. The molecule has 0 saturated carbocycles. The van der Waals surface area contributed by atoms with E-state index in [2.05, 4.69) is 241 Å². The molecule has 0 heterocycles. The van der Waals surface area contributed by atoms with Crippen LogP contribution in [0.1, 0.15) is 90.7 Å². The van der Waals surface area contributed by atoms with Crippen LogP contribution in [0, 0.1) is 83.1 Å². The van der Waals surface area contributed by atoms with Crippen molar-refractivity contribution in [3.05, 3.63) is 321 Å². The van der Waals surface area contributed by atoms with E-state index in [1.54, 1.807) is 0 Å². The second-order valence-corrected chi connectivity index (χ2v) is 29.3. The molecule has 14 rings (SSSR count). The summed E-state index contributed by atoms with van der Waals surface area (Å²) in [4.78, 5) is 0. The van der Waals surface area contributed by atoms with Gasteiger partial charge in [-0.1, -0.05) is 192 Å². The molecule has 14 aromatic rings. The number of benzene rings is 14. The van der Waals surface area contributed by atoms with Crippen molar-refractivity contribution < 1.29 is 39.4 Å². The van der Waals surface area contributed by atoms with Gasteiger partial charge >= 0.3 is 0 Å². The smallest absolute Gasteiger partial charge is 0.131 e. The quantitative estimate of drug-likeness (QED) is 0.0496. The third-order valence-corrected chi connectivity index (χ3v) is 20.6. The molecule has 0 aromatic heterocycles. The summed E-state index contributed by atoms with van der Waals surface area (Å²) in [7, 11) is 0. The van der Waals surface area contributed by atoms with E-state index in [9.17, 15) is 20.4 Å². The second-order valence-electron chi connectivity index (χ2n) is 29.3. The van der Waals surface area contributed by atoms with Crippen molar-refractivity contribution >= 4 is 21.5 Å². The average molecular weight is 1430 g/mol. The van der Waals surface area contributed by atoms with E-state index < -0.39 is 0 Å². The van der Waals surface area contributed by atoms with E-state index in [-0.39, 0.29) is 23.0 Å². The summed E-state index contributed by atoms with van der Waals surface area (Å²) in [6.45, 7) is 27.6. The Balaban J connectivity index is 0.000000192. The highest BCUT2D eigenvalue weighted by Crippen LogP contribution is 2.49. The molecule has 0 radical (unpaired) electrons. The summed E-state index contributed by atoms with van der Waals surface area (Å²) in [5, 5.41) is 51.6. The lowest BCUT2D eigenvalue weighted by molar-refractivity contribution is 0.107. The monoisotopic (exact) mass is 1420 g/mol. The van der Waals surface area contributed by atoms with Crippen LogP contribution < -0.4 is 9.47 Å². The molecule has 0 fully saturated rings. The number of aryl methyl sites for hydroxylation is 12. The highest BCUT2D eigenvalue weighted by Gasteiger charge is 2.24. The number of phenols is 4. The lowest BCUT2D eigenvalue weighted by Crippen LogP contribution is -2.05. The first-order valence-corrected chi connectivity index (χ1v) is 37.4. The first-order chi connectivity index (χ1) is 52.2. The Bertz CT molecular complexity index is 5680.